The van der Waals surface area contributed by atoms with E-state index in [1.807, 2.05) is 6.92 Å². The van der Waals surface area contributed by atoms with E-state index in [9.17, 15) is 9.50 Å². The molecule has 1 N–H and O–H groups in total. The minimum absolute atomic E-state index is 0.317. The molecule has 0 radical (unpaired) electrons. The summed E-state index contributed by atoms with van der Waals surface area (Å²) in [5.41, 5.74) is 2.12. The van der Waals surface area contributed by atoms with Crippen LogP contribution in [0.25, 0.3) is 11.4 Å². The number of hydrogen-bond donors (Lipinski definition) is 1. The van der Waals surface area contributed by atoms with Crippen molar-refractivity contribution in [1.82, 2.24) is 9.97 Å². The number of aryl methyl sites for hydroxylation is 1. The van der Waals surface area contributed by atoms with E-state index in [-0.39, 0.29) is 5.82 Å². The van der Waals surface area contributed by atoms with Gasteiger partial charge in [-0.05, 0) is 48.0 Å². The van der Waals surface area contributed by atoms with Gasteiger partial charge >= 0.3 is 0 Å². The third-order valence-electron chi connectivity index (χ3n) is 2.64. The Hall–Kier alpha value is -1.33. The van der Waals surface area contributed by atoms with Crippen molar-refractivity contribution in [3.63, 3.8) is 0 Å². The van der Waals surface area contributed by atoms with E-state index in [1.54, 1.807) is 19.2 Å². The van der Waals surface area contributed by atoms with Gasteiger partial charge in [-0.15, -0.1) is 0 Å². The van der Waals surface area contributed by atoms with E-state index >= 15 is 0 Å². The standard InChI is InChI=1S/C13H12BrFN2O/c1-7-11(8(2)18)6-16-13(17-7)10-4-3-9(15)5-12(10)14/h3-6,8,18H,1-2H3/t8-/m0/s1. The first kappa shape index (κ1) is 13.1. The number of benzene rings is 1. The van der Waals surface area contributed by atoms with Crippen LogP contribution in [0, 0.1) is 12.7 Å². The molecule has 1 aromatic carbocycles. The van der Waals surface area contributed by atoms with Crippen LogP contribution < -0.4 is 0 Å². The highest BCUT2D eigenvalue weighted by Crippen LogP contribution is 2.27. The van der Waals surface area contributed by atoms with E-state index in [4.69, 9.17) is 0 Å². The van der Waals surface area contributed by atoms with Crippen LogP contribution >= 0.6 is 15.9 Å². The van der Waals surface area contributed by atoms with Gasteiger partial charge in [0.1, 0.15) is 5.82 Å². The lowest BCUT2D eigenvalue weighted by Gasteiger charge is -2.10. The summed E-state index contributed by atoms with van der Waals surface area (Å²) < 4.78 is 13.6. The molecule has 1 heterocycles. The number of nitrogens with zero attached hydrogens (tertiary/aromatic N) is 2. The van der Waals surface area contributed by atoms with Crippen molar-refractivity contribution in [2.45, 2.75) is 20.0 Å². The van der Waals surface area contributed by atoms with Gasteiger partial charge in [0, 0.05) is 27.5 Å². The normalized spacial score (nSPS) is 12.5. The number of aliphatic hydroxyl groups is 1. The monoisotopic (exact) mass is 310 g/mol. The summed E-state index contributed by atoms with van der Waals surface area (Å²) in [6.07, 6.45) is 0.994. The lowest BCUT2D eigenvalue weighted by Crippen LogP contribution is -2.01. The Kier molecular flexibility index (Phi) is 3.73. The first-order chi connectivity index (χ1) is 8.49. The average Bonchev–Trinajstić information content (AvgIpc) is 2.28. The number of aliphatic hydroxyl groups excluding tert-OH is 1. The second-order valence-electron chi connectivity index (χ2n) is 4.03. The molecule has 5 heteroatoms. The van der Waals surface area contributed by atoms with Gasteiger partial charge in [0.05, 0.1) is 6.10 Å². The van der Waals surface area contributed by atoms with Crippen LogP contribution in [-0.2, 0) is 0 Å². The van der Waals surface area contributed by atoms with Crippen LogP contribution in [0.4, 0.5) is 4.39 Å². The molecule has 0 aliphatic rings. The Bertz CT molecular complexity index is 587. The molecule has 94 valence electrons. The van der Waals surface area contributed by atoms with Crippen molar-refractivity contribution < 1.29 is 9.50 Å². The molecule has 0 bridgehead atoms. The van der Waals surface area contributed by atoms with Gasteiger partial charge in [-0.25, -0.2) is 14.4 Å². The number of aromatic nitrogens is 2. The van der Waals surface area contributed by atoms with E-state index in [0.717, 1.165) is 5.56 Å². The molecule has 18 heavy (non-hydrogen) atoms. The van der Waals surface area contributed by atoms with Gasteiger partial charge in [-0.3, -0.25) is 0 Å². The van der Waals surface area contributed by atoms with Crippen LogP contribution in [0.3, 0.4) is 0 Å². The Morgan fingerprint density at radius 3 is 2.67 bits per heavy atom. The van der Waals surface area contributed by atoms with E-state index in [1.165, 1.54) is 12.1 Å². The Morgan fingerprint density at radius 1 is 1.39 bits per heavy atom. The predicted molar refractivity (Wildman–Crippen MR) is 70.5 cm³/mol. The number of rotatable bonds is 2. The maximum absolute atomic E-state index is 13.0. The second kappa shape index (κ2) is 5.12. The van der Waals surface area contributed by atoms with Gasteiger partial charge in [0.15, 0.2) is 5.82 Å². The molecule has 0 aliphatic carbocycles. The molecule has 0 amide bonds. The van der Waals surface area contributed by atoms with Gasteiger partial charge in [-0.1, -0.05) is 0 Å². The average molecular weight is 311 g/mol. The first-order valence-corrected chi connectivity index (χ1v) is 6.25. The molecule has 2 aromatic rings. The number of halogens is 2. The second-order valence-corrected chi connectivity index (χ2v) is 4.89. The molecule has 0 unspecified atom stereocenters. The van der Waals surface area contributed by atoms with Crippen molar-refractivity contribution in [2.75, 3.05) is 0 Å². The molecule has 0 aliphatic heterocycles. The molecule has 3 nitrogen and oxygen atoms in total. The van der Waals surface area contributed by atoms with Gasteiger partial charge < -0.3 is 5.11 Å². The van der Waals surface area contributed by atoms with Gasteiger partial charge in [0.2, 0.25) is 0 Å². The molecule has 0 saturated heterocycles. The fraction of sp³-hybridized carbons (Fsp3) is 0.231. The lowest BCUT2D eigenvalue weighted by atomic mass is 10.1. The molecule has 0 fully saturated rings. The largest absolute Gasteiger partial charge is 0.389 e. The zero-order chi connectivity index (χ0) is 13.3. The van der Waals surface area contributed by atoms with E-state index in [2.05, 4.69) is 25.9 Å². The maximum Gasteiger partial charge on any atom is 0.160 e. The third-order valence-corrected chi connectivity index (χ3v) is 3.30. The summed E-state index contributed by atoms with van der Waals surface area (Å²) in [6, 6.07) is 4.36. The van der Waals surface area contributed by atoms with Crippen LogP contribution in [0.5, 0.6) is 0 Å². The highest BCUT2D eigenvalue weighted by molar-refractivity contribution is 9.10. The Labute approximate surface area is 113 Å². The summed E-state index contributed by atoms with van der Waals surface area (Å²) in [7, 11) is 0. The fourth-order valence-electron chi connectivity index (χ4n) is 1.69. The summed E-state index contributed by atoms with van der Waals surface area (Å²) >= 11 is 3.29. The zero-order valence-electron chi connectivity index (χ0n) is 9.98. The fourth-order valence-corrected chi connectivity index (χ4v) is 2.22. The van der Waals surface area contributed by atoms with Crippen LogP contribution in [0.1, 0.15) is 24.3 Å². The van der Waals surface area contributed by atoms with Crippen molar-refractivity contribution in [1.29, 1.82) is 0 Å². The topological polar surface area (TPSA) is 46.0 Å². The summed E-state index contributed by atoms with van der Waals surface area (Å²) in [6.45, 7) is 3.48. The highest BCUT2D eigenvalue weighted by Gasteiger charge is 2.11. The van der Waals surface area contributed by atoms with E-state index < -0.39 is 6.10 Å². The van der Waals surface area contributed by atoms with Crippen LogP contribution in [0.2, 0.25) is 0 Å². The molecule has 0 saturated carbocycles. The van der Waals surface area contributed by atoms with Crippen molar-refractivity contribution in [3.05, 3.63) is 45.9 Å². The SMILES string of the molecule is Cc1nc(-c2ccc(F)cc2Br)ncc1[C@H](C)O. The predicted octanol–water partition coefficient (Wildman–Crippen LogP) is 3.41. The maximum atomic E-state index is 13.0. The molecule has 2 rings (SSSR count). The zero-order valence-corrected chi connectivity index (χ0v) is 11.6. The summed E-state index contributed by atoms with van der Waals surface area (Å²) in [5.74, 6) is 0.187. The highest BCUT2D eigenvalue weighted by atomic mass is 79.9. The molecule has 1 atom stereocenters. The van der Waals surface area contributed by atoms with Gasteiger partial charge in [-0.2, -0.15) is 0 Å². The van der Waals surface area contributed by atoms with Crippen molar-refractivity contribution in [3.8, 4) is 11.4 Å². The Balaban J connectivity index is 2.49. The third kappa shape index (κ3) is 2.57. The molecular weight excluding hydrogens is 299 g/mol. The van der Waals surface area contributed by atoms with Crippen LogP contribution in [0.15, 0.2) is 28.9 Å². The number of hydrogen-bond acceptors (Lipinski definition) is 3. The first-order valence-electron chi connectivity index (χ1n) is 5.46. The molecular formula is C13H12BrFN2O. The van der Waals surface area contributed by atoms with Crippen LogP contribution in [-0.4, -0.2) is 15.1 Å². The lowest BCUT2D eigenvalue weighted by molar-refractivity contribution is 0.197. The van der Waals surface area contributed by atoms with Gasteiger partial charge in [0.25, 0.3) is 0 Å². The van der Waals surface area contributed by atoms with E-state index in [0.29, 0.717) is 21.6 Å². The van der Waals surface area contributed by atoms with Crippen molar-refractivity contribution in [2.24, 2.45) is 0 Å². The quantitative estimate of drug-likeness (QED) is 0.924. The Morgan fingerprint density at radius 2 is 2.11 bits per heavy atom. The minimum atomic E-state index is -0.601. The summed E-state index contributed by atoms with van der Waals surface area (Å²) in [4.78, 5) is 8.53. The van der Waals surface area contributed by atoms with Crippen molar-refractivity contribution >= 4 is 15.9 Å². The minimum Gasteiger partial charge on any atom is -0.389 e. The summed E-state index contributed by atoms with van der Waals surface area (Å²) in [5, 5.41) is 9.52. The molecule has 1 aromatic heterocycles. The smallest absolute Gasteiger partial charge is 0.160 e. The molecule has 0 spiro atoms.